The highest BCUT2D eigenvalue weighted by atomic mass is 31.2. The average Bonchev–Trinajstić information content (AvgIpc) is 2.27. The minimum atomic E-state index is -0.412. The van der Waals surface area contributed by atoms with Crippen LogP contribution in [-0.4, -0.2) is 82.8 Å². The maximum Gasteiger partial charge on any atom is 0.298 e. The molecule has 0 aromatic rings. The van der Waals surface area contributed by atoms with Crippen LogP contribution in [0.15, 0.2) is 4.99 Å². The van der Waals surface area contributed by atoms with Gasteiger partial charge in [-0.3, -0.25) is 4.48 Å². The Bertz CT molecular complexity index is 230. The Morgan fingerprint density at radius 2 is 1.33 bits per heavy atom. The third-order valence-corrected chi connectivity index (χ3v) is 8.07. The second-order valence-corrected chi connectivity index (χ2v) is 11.1. The van der Waals surface area contributed by atoms with Crippen molar-refractivity contribution in [3.05, 3.63) is 0 Å². The number of quaternary nitrogens is 1. The Labute approximate surface area is 116 Å². The summed E-state index contributed by atoms with van der Waals surface area (Å²) in [7, 11) is 11.7. The van der Waals surface area contributed by atoms with Crippen LogP contribution in [0.5, 0.6) is 0 Å². The Morgan fingerprint density at radius 3 is 1.33 bits per heavy atom. The standard InChI is InChI=1S/C7H18N3.C7H18P/c1-8-7(9(2)3)10(4,5)6;1-5-8(4,6-2)7-3/h1-6H3;5-7H2,1-4H3/q2*+1. The molecule has 0 N–H and O–H groups in total. The van der Waals surface area contributed by atoms with Gasteiger partial charge in [0.05, 0.1) is 39.6 Å². The molecule has 0 radical (unpaired) electrons. The molecule has 0 atom stereocenters. The molecule has 110 valence electrons. The summed E-state index contributed by atoms with van der Waals surface area (Å²) in [5.41, 5.74) is 0. The van der Waals surface area contributed by atoms with E-state index >= 15 is 0 Å². The van der Waals surface area contributed by atoms with Gasteiger partial charge in [0.25, 0.3) is 5.96 Å². The maximum absolute atomic E-state index is 4.17. The summed E-state index contributed by atoms with van der Waals surface area (Å²) in [6, 6.07) is 0. The zero-order chi connectivity index (χ0) is 15.0. The quantitative estimate of drug-likeness (QED) is 0.335. The van der Waals surface area contributed by atoms with E-state index in [0.29, 0.717) is 0 Å². The monoisotopic (exact) mass is 277 g/mol. The first-order chi connectivity index (χ1) is 8.07. The van der Waals surface area contributed by atoms with Crippen molar-refractivity contribution in [1.82, 2.24) is 4.90 Å². The molecule has 0 spiro atoms. The molecule has 0 saturated carbocycles. The summed E-state index contributed by atoms with van der Waals surface area (Å²) in [6.45, 7) is 9.43. The molecule has 0 aromatic heterocycles. The van der Waals surface area contributed by atoms with Gasteiger partial charge in [0.1, 0.15) is 0 Å². The number of aliphatic imine (C=N–C) groups is 1. The van der Waals surface area contributed by atoms with Gasteiger partial charge in [-0.1, -0.05) is 0 Å². The van der Waals surface area contributed by atoms with Crippen LogP contribution in [0.25, 0.3) is 0 Å². The molecule has 0 heterocycles. The van der Waals surface area contributed by atoms with Crippen molar-refractivity contribution in [2.24, 2.45) is 4.99 Å². The van der Waals surface area contributed by atoms with Gasteiger partial charge in [-0.25, -0.2) is 4.99 Å². The van der Waals surface area contributed by atoms with Crippen molar-refractivity contribution >= 4 is 13.2 Å². The lowest BCUT2D eigenvalue weighted by Crippen LogP contribution is -2.48. The topological polar surface area (TPSA) is 15.6 Å². The van der Waals surface area contributed by atoms with E-state index < -0.39 is 7.26 Å². The number of nitrogens with zero attached hydrogens (tertiary/aromatic N) is 3. The minimum absolute atomic E-state index is 0.412. The summed E-state index contributed by atoms with van der Waals surface area (Å²) in [5, 5.41) is 0. The summed E-state index contributed by atoms with van der Waals surface area (Å²) in [5.74, 6) is 1.07. The molecule has 0 fully saturated rings. The van der Waals surface area contributed by atoms with Crippen molar-refractivity contribution in [3.8, 4) is 0 Å². The molecule has 0 rings (SSSR count). The SMILES string of the molecule is CC[P+](C)(CC)CC.CN=C(N(C)C)[N+](C)(C)C. The fraction of sp³-hybridized carbons (Fsp3) is 0.929. The molecule has 0 unspecified atom stereocenters. The lowest BCUT2D eigenvalue weighted by Gasteiger charge is -2.28. The van der Waals surface area contributed by atoms with Crippen molar-refractivity contribution in [1.29, 1.82) is 0 Å². The summed E-state index contributed by atoms with van der Waals surface area (Å²) >= 11 is 0. The fourth-order valence-electron chi connectivity index (χ4n) is 1.77. The summed E-state index contributed by atoms with van der Waals surface area (Å²) in [6.07, 6.45) is 4.29. The van der Waals surface area contributed by atoms with E-state index in [2.05, 4.69) is 53.6 Å². The van der Waals surface area contributed by atoms with Crippen molar-refractivity contribution in [2.75, 3.05) is 67.4 Å². The highest BCUT2D eigenvalue weighted by Gasteiger charge is 2.22. The van der Waals surface area contributed by atoms with Crippen LogP contribution in [-0.2, 0) is 0 Å². The van der Waals surface area contributed by atoms with Crippen LogP contribution < -0.4 is 0 Å². The van der Waals surface area contributed by atoms with Crippen LogP contribution in [0.1, 0.15) is 20.8 Å². The summed E-state index contributed by atoms with van der Waals surface area (Å²) in [4.78, 5) is 6.20. The normalized spacial score (nSPS) is 12.9. The third-order valence-electron chi connectivity index (χ3n) is 3.49. The smallest absolute Gasteiger partial charge is 0.298 e. The highest BCUT2D eigenvalue weighted by Crippen LogP contribution is 2.53. The second-order valence-electron chi connectivity index (χ2n) is 6.00. The minimum Gasteiger partial charge on any atom is -0.317 e. The molecule has 0 aliphatic rings. The molecule has 0 amide bonds. The van der Waals surface area contributed by atoms with Gasteiger partial charge in [-0.2, -0.15) is 0 Å². The van der Waals surface area contributed by atoms with E-state index in [9.17, 15) is 0 Å². The van der Waals surface area contributed by atoms with Gasteiger partial charge in [-0.05, 0) is 20.8 Å². The molecule has 0 saturated heterocycles. The average molecular weight is 277 g/mol. The zero-order valence-electron chi connectivity index (χ0n) is 14.4. The second kappa shape index (κ2) is 8.87. The first kappa shape index (κ1) is 20.2. The zero-order valence-corrected chi connectivity index (χ0v) is 15.3. The third kappa shape index (κ3) is 8.05. The number of rotatable bonds is 3. The molecule has 18 heavy (non-hydrogen) atoms. The van der Waals surface area contributed by atoms with Gasteiger partial charge in [0.2, 0.25) is 0 Å². The first-order valence-corrected chi connectivity index (χ1v) is 9.66. The number of hydrogen-bond acceptors (Lipinski definition) is 1. The first-order valence-electron chi connectivity index (χ1n) is 6.87. The van der Waals surface area contributed by atoms with E-state index in [1.54, 1.807) is 0 Å². The molecular weight excluding hydrogens is 241 g/mol. The Hall–Kier alpha value is -0.140. The van der Waals surface area contributed by atoms with E-state index in [1.807, 2.05) is 26.0 Å². The van der Waals surface area contributed by atoms with Crippen molar-refractivity contribution in [2.45, 2.75) is 20.8 Å². The van der Waals surface area contributed by atoms with Crippen LogP contribution in [0.3, 0.4) is 0 Å². The van der Waals surface area contributed by atoms with E-state index in [-0.39, 0.29) is 0 Å². The molecular formula is C14H36N3P+2. The Balaban J connectivity index is 0. The van der Waals surface area contributed by atoms with Crippen molar-refractivity contribution in [3.63, 3.8) is 0 Å². The Kier molecular flexibility index (Phi) is 9.95. The lowest BCUT2D eigenvalue weighted by molar-refractivity contribution is -0.782. The molecule has 0 aliphatic heterocycles. The predicted octanol–water partition coefficient (Wildman–Crippen LogP) is 2.93. The lowest BCUT2D eigenvalue weighted by atomic mass is 10.6. The van der Waals surface area contributed by atoms with Crippen molar-refractivity contribution < 1.29 is 4.48 Å². The van der Waals surface area contributed by atoms with Gasteiger partial charge >= 0.3 is 0 Å². The predicted molar refractivity (Wildman–Crippen MR) is 89.5 cm³/mol. The number of guanidine groups is 1. The fourth-order valence-corrected chi connectivity index (χ4v) is 3.11. The van der Waals surface area contributed by atoms with Gasteiger partial charge in [-0.15, -0.1) is 0 Å². The molecule has 4 heteroatoms. The molecule has 3 nitrogen and oxygen atoms in total. The van der Waals surface area contributed by atoms with Crippen LogP contribution in [0, 0.1) is 0 Å². The van der Waals surface area contributed by atoms with Crippen LogP contribution in [0.2, 0.25) is 0 Å². The van der Waals surface area contributed by atoms with Crippen LogP contribution in [0.4, 0.5) is 0 Å². The van der Waals surface area contributed by atoms with E-state index in [0.717, 1.165) is 10.4 Å². The molecule has 0 bridgehead atoms. The van der Waals surface area contributed by atoms with Gasteiger partial charge < -0.3 is 4.90 Å². The van der Waals surface area contributed by atoms with Crippen LogP contribution >= 0.6 is 7.26 Å². The van der Waals surface area contributed by atoms with Gasteiger partial charge in [0.15, 0.2) is 0 Å². The van der Waals surface area contributed by atoms with Gasteiger partial charge in [0, 0.05) is 35.1 Å². The van der Waals surface area contributed by atoms with E-state index in [1.165, 1.54) is 18.5 Å². The Morgan fingerprint density at radius 1 is 1.00 bits per heavy atom. The van der Waals surface area contributed by atoms with E-state index in [4.69, 9.17) is 0 Å². The molecule has 0 aromatic carbocycles. The number of hydrogen-bond donors (Lipinski definition) is 0. The maximum atomic E-state index is 4.17. The highest BCUT2D eigenvalue weighted by molar-refractivity contribution is 7.75. The molecule has 0 aliphatic carbocycles. The largest absolute Gasteiger partial charge is 0.317 e. The summed E-state index contributed by atoms with van der Waals surface area (Å²) < 4.78 is 0.767.